The number of halogens is 1. The van der Waals surface area contributed by atoms with Gasteiger partial charge in [-0.15, -0.1) is 0 Å². The topological polar surface area (TPSA) is 83.5 Å². The van der Waals surface area contributed by atoms with E-state index in [1.54, 1.807) is 6.07 Å². The Morgan fingerprint density at radius 2 is 1.95 bits per heavy atom. The van der Waals surface area contributed by atoms with E-state index in [0.717, 1.165) is 29.3 Å². The third-order valence-corrected chi connectivity index (χ3v) is 5.77. The Kier molecular flexibility index (Phi) is 5.48. The molecule has 1 aromatic rings. The molecule has 1 aromatic carbocycles. The first kappa shape index (κ1) is 16.5. The first-order valence-corrected chi connectivity index (χ1v) is 9.64. The Bertz CT molecular complexity index is 624. The summed E-state index contributed by atoms with van der Waals surface area (Å²) in [7, 11) is -3.52. The van der Waals surface area contributed by atoms with Gasteiger partial charge in [0.2, 0.25) is 10.0 Å². The Balaban J connectivity index is 2.14. The fourth-order valence-corrected chi connectivity index (χ4v) is 4.70. The van der Waals surface area contributed by atoms with Gasteiger partial charge in [-0.2, -0.15) is 0 Å². The predicted octanol–water partition coefficient (Wildman–Crippen LogP) is 3.31. The van der Waals surface area contributed by atoms with Crippen molar-refractivity contribution in [2.24, 2.45) is 5.92 Å². The van der Waals surface area contributed by atoms with Gasteiger partial charge in [0.25, 0.3) is 0 Å². The first-order valence-electron chi connectivity index (χ1n) is 6.91. The molecule has 0 atom stereocenters. The van der Waals surface area contributed by atoms with Crippen LogP contribution in [0.25, 0.3) is 0 Å². The molecule has 0 radical (unpaired) electrons. The Morgan fingerprint density at radius 3 is 2.57 bits per heavy atom. The maximum Gasteiger partial charge on any atom is 0.337 e. The largest absolute Gasteiger partial charge is 0.478 e. The number of rotatable bonds is 5. The van der Waals surface area contributed by atoms with Gasteiger partial charge in [0, 0.05) is 3.57 Å². The van der Waals surface area contributed by atoms with E-state index in [2.05, 4.69) is 4.72 Å². The number of anilines is 1. The molecular weight excluding hydrogens is 405 g/mol. The number of sulfonamides is 1. The summed E-state index contributed by atoms with van der Waals surface area (Å²) < 4.78 is 27.6. The normalized spacial score (nSPS) is 16.6. The van der Waals surface area contributed by atoms with Crippen LogP contribution in [0.5, 0.6) is 0 Å². The van der Waals surface area contributed by atoms with Crippen molar-refractivity contribution in [3.05, 3.63) is 27.3 Å². The minimum Gasteiger partial charge on any atom is -0.478 e. The van der Waals surface area contributed by atoms with Crippen LogP contribution in [-0.4, -0.2) is 25.2 Å². The second kappa shape index (κ2) is 6.95. The van der Waals surface area contributed by atoms with Crippen LogP contribution < -0.4 is 4.72 Å². The van der Waals surface area contributed by atoms with Gasteiger partial charge in [0.05, 0.1) is 17.0 Å². The maximum absolute atomic E-state index is 12.2. The molecular formula is C14H18INO4S. The van der Waals surface area contributed by atoms with Crippen molar-refractivity contribution in [3.8, 4) is 0 Å². The van der Waals surface area contributed by atoms with Crippen molar-refractivity contribution in [3.63, 3.8) is 0 Å². The summed E-state index contributed by atoms with van der Waals surface area (Å²) in [6, 6.07) is 4.65. The number of hydrogen-bond acceptors (Lipinski definition) is 3. The minimum absolute atomic E-state index is 0.0193. The first-order chi connectivity index (χ1) is 9.87. The molecule has 1 saturated carbocycles. The molecule has 5 nitrogen and oxygen atoms in total. The highest BCUT2D eigenvalue weighted by molar-refractivity contribution is 14.1. The van der Waals surface area contributed by atoms with Crippen LogP contribution in [0.3, 0.4) is 0 Å². The molecule has 0 heterocycles. The van der Waals surface area contributed by atoms with Gasteiger partial charge < -0.3 is 5.11 Å². The molecule has 1 aliphatic rings. The molecule has 0 aliphatic heterocycles. The predicted molar refractivity (Wildman–Crippen MR) is 90.1 cm³/mol. The molecule has 0 saturated heterocycles. The Labute approximate surface area is 138 Å². The fourth-order valence-electron chi connectivity index (χ4n) is 2.66. The number of carboxylic acid groups (broad SMARTS) is 1. The molecule has 2 N–H and O–H groups in total. The summed E-state index contributed by atoms with van der Waals surface area (Å²) in [5.41, 5.74) is 0.118. The van der Waals surface area contributed by atoms with Gasteiger partial charge in [-0.25, -0.2) is 13.2 Å². The summed E-state index contributed by atoms with van der Waals surface area (Å²) in [6.45, 7) is 0. The van der Waals surface area contributed by atoms with Crippen LogP contribution in [-0.2, 0) is 10.0 Å². The Hall–Kier alpha value is -0.830. The minimum atomic E-state index is -3.52. The Morgan fingerprint density at radius 1 is 1.29 bits per heavy atom. The van der Waals surface area contributed by atoms with Gasteiger partial charge >= 0.3 is 5.97 Å². The molecule has 0 spiro atoms. The van der Waals surface area contributed by atoms with E-state index in [1.165, 1.54) is 18.6 Å². The number of aromatic carboxylic acids is 1. The smallest absolute Gasteiger partial charge is 0.337 e. The molecule has 0 aromatic heterocycles. The summed E-state index contributed by atoms with van der Waals surface area (Å²) in [4.78, 5) is 11.2. The highest BCUT2D eigenvalue weighted by atomic mass is 127. The average molecular weight is 423 g/mol. The molecule has 0 amide bonds. The fraction of sp³-hybridized carbons (Fsp3) is 0.500. The number of carboxylic acids is 1. The van der Waals surface area contributed by atoms with Crippen LogP contribution in [0.2, 0.25) is 0 Å². The third kappa shape index (κ3) is 4.84. The number of hydrogen-bond donors (Lipinski definition) is 2. The van der Waals surface area contributed by atoms with Gasteiger partial charge in [-0.1, -0.05) is 19.3 Å². The van der Waals surface area contributed by atoms with Crippen LogP contribution in [0.15, 0.2) is 18.2 Å². The monoisotopic (exact) mass is 423 g/mol. The van der Waals surface area contributed by atoms with Gasteiger partial charge in [0.1, 0.15) is 0 Å². The van der Waals surface area contributed by atoms with E-state index in [4.69, 9.17) is 0 Å². The molecule has 1 fully saturated rings. The number of nitrogens with one attached hydrogen (secondary N) is 1. The molecule has 0 bridgehead atoms. The van der Waals surface area contributed by atoms with E-state index in [0.29, 0.717) is 0 Å². The molecule has 1 aliphatic carbocycles. The van der Waals surface area contributed by atoms with Crippen molar-refractivity contribution in [1.82, 2.24) is 0 Å². The van der Waals surface area contributed by atoms with Gasteiger partial charge in [-0.05, 0) is 59.5 Å². The van der Waals surface area contributed by atoms with Gasteiger partial charge in [0.15, 0.2) is 0 Å². The van der Waals surface area contributed by atoms with Crippen molar-refractivity contribution >= 4 is 44.3 Å². The molecule has 0 unspecified atom stereocenters. The highest BCUT2D eigenvalue weighted by Crippen LogP contribution is 2.26. The van der Waals surface area contributed by atoms with Crippen molar-refractivity contribution in [2.75, 3.05) is 10.5 Å². The summed E-state index contributed by atoms with van der Waals surface area (Å²) in [5, 5.41) is 9.17. The lowest BCUT2D eigenvalue weighted by molar-refractivity contribution is 0.0698. The quantitative estimate of drug-likeness (QED) is 0.712. The second-order valence-electron chi connectivity index (χ2n) is 5.38. The molecule has 7 heteroatoms. The van der Waals surface area contributed by atoms with Crippen molar-refractivity contribution < 1.29 is 18.3 Å². The van der Waals surface area contributed by atoms with E-state index >= 15 is 0 Å². The summed E-state index contributed by atoms with van der Waals surface area (Å²) in [6.07, 6.45) is 5.18. The van der Waals surface area contributed by atoms with Crippen LogP contribution >= 0.6 is 22.6 Å². The highest BCUT2D eigenvalue weighted by Gasteiger charge is 2.23. The summed E-state index contributed by atoms with van der Waals surface area (Å²) >= 11 is 2.00. The molecule has 2 rings (SSSR count). The molecule has 116 valence electrons. The van der Waals surface area contributed by atoms with Crippen molar-refractivity contribution in [1.29, 1.82) is 0 Å². The second-order valence-corrected chi connectivity index (χ2v) is 8.40. The number of carbonyl (C=O) groups is 1. The SMILES string of the molecule is O=C(O)c1cc(I)ccc1NS(=O)(=O)CC1CCCCC1. The van der Waals surface area contributed by atoms with Crippen LogP contribution in [0.1, 0.15) is 42.5 Å². The zero-order chi connectivity index (χ0) is 15.5. The summed E-state index contributed by atoms with van der Waals surface area (Å²) in [5.74, 6) is -0.893. The number of benzene rings is 1. The van der Waals surface area contributed by atoms with Crippen molar-refractivity contribution in [2.45, 2.75) is 32.1 Å². The third-order valence-electron chi connectivity index (χ3n) is 3.66. The molecule has 21 heavy (non-hydrogen) atoms. The van der Waals surface area contributed by atoms with E-state index in [1.807, 2.05) is 22.6 Å². The lowest BCUT2D eigenvalue weighted by Crippen LogP contribution is -2.25. The van der Waals surface area contributed by atoms with E-state index < -0.39 is 16.0 Å². The van der Waals surface area contributed by atoms with Crippen LogP contribution in [0.4, 0.5) is 5.69 Å². The zero-order valence-corrected chi connectivity index (χ0v) is 14.5. The maximum atomic E-state index is 12.2. The van der Waals surface area contributed by atoms with E-state index in [-0.39, 0.29) is 22.9 Å². The van der Waals surface area contributed by atoms with Crippen LogP contribution in [0, 0.1) is 9.49 Å². The lowest BCUT2D eigenvalue weighted by atomic mass is 9.91. The van der Waals surface area contributed by atoms with Gasteiger partial charge in [-0.3, -0.25) is 4.72 Å². The standard InChI is InChI=1S/C14H18INO4S/c15-11-6-7-13(12(8-11)14(17)18)16-21(19,20)9-10-4-2-1-3-5-10/h6-8,10,16H,1-5,9H2,(H,17,18). The van der Waals surface area contributed by atoms with E-state index in [9.17, 15) is 18.3 Å². The zero-order valence-electron chi connectivity index (χ0n) is 11.5. The lowest BCUT2D eigenvalue weighted by Gasteiger charge is -2.21. The average Bonchev–Trinajstić information content (AvgIpc) is 2.41.